The van der Waals surface area contributed by atoms with Crippen molar-refractivity contribution in [3.8, 4) is 5.75 Å². The lowest BCUT2D eigenvalue weighted by Crippen LogP contribution is -2.41. The van der Waals surface area contributed by atoms with E-state index in [2.05, 4.69) is 32.2 Å². The van der Waals surface area contributed by atoms with Gasteiger partial charge in [-0.2, -0.15) is 0 Å². The second-order valence-electron chi connectivity index (χ2n) is 7.63. The Morgan fingerprint density at radius 1 is 1.26 bits per heavy atom. The third-order valence-electron chi connectivity index (χ3n) is 4.59. The van der Waals surface area contributed by atoms with E-state index in [-0.39, 0.29) is 17.6 Å². The topological polar surface area (TPSA) is 38.3 Å². The quantitative estimate of drug-likeness (QED) is 0.479. The summed E-state index contributed by atoms with van der Waals surface area (Å²) >= 11 is 7.65. The summed E-state index contributed by atoms with van der Waals surface area (Å²) in [6.07, 6.45) is 2.14. The van der Waals surface area contributed by atoms with Crippen LogP contribution in [0.4, 0.5) is 0 Å². The molecule has 1 aliphatic heterocycles. The highest BCUT2D eigenvalue weighted by molar-refractivity contribution is 7.99. The second kappa shape index (κ2) is 8.57. The van der Waals surface area contributed by atoms with Gasteiger partial charge in [-0.3, -0.25) is 4.79 Å². The molecule has 5 heteroatoms. The molecule has 0 unspecified atom stereocenters. The molecule has 0 spiro atoms. The molecule has 1 heterocycles. The Kier molecular flexibility index (Phi) is 6.38. The minimum atomic E-state index is -0.287. The first-order valence-electron chi connectivity index (χ1n) is 9.30. The number of carbonyl (C=O) groups excluding carboxylic acids is 1. The van der Waals surface area contributed by atoms with Crippen molar-refractivity contribution < 1.29 is 9.53 Å². The molecule has 144 valence electrons. The number of halogens is 1. The number of benzene rings is 2. The van der Waals surface area contributed by atoms with Gasteiger partial charge in [0.15, 0.2) is 0 Å². The van der Waals surface area contributed by atoms with Gasteiger partial charge in [0.25, 0.3) is 0 Å². The monoisotopic (exact) mass is 403 g/mol. The molecule has 0 aromatic heterocycles. The fourth-order valence-corrected chi connectivity index (χ4v) is 4.30. The van der Waals surface area contributed by atoms with Crippen molar-refractivity contribution in [3.63, 3.8) is 0 Å². The molecule has 0 saturated carbocycles. The number of aryl methyl sites for hydroxylation is 1. The molecular weight excluding hydrogens is 378 g/mol. The van der Waals surface area contributed by atoms with Gasteiger partial charge in [0.05, 0.1) is 6.04 Å². The first-order chi connectivity index (χ1) is 12.8. The third-order valence-corrected chi connectivity index (χ3v) is 5.94. The van der Waals surface area contributed by atoms with Crippen LogP contribution in [-0.2, 0) is 4.79 Å². The van der Waals surface area contributed by atoms with Crippen LogP contribution in [0.1, 0.15) is 50.3 Å². The zero-order valence-corrected chi connectivity index (χ0v) is 17.6. The van der Waals surface area contributed by atoms with E-state index >= 15 is 0 Å². The zero-order valence-electron chi connectivity index (χ0n) is 16.0. The third kappa shape index (κ3) is 5.66. The van der Waals surface area contributed by atoms with E-state index in [4.69, 9.17) is 16.3 Å². The molecule has 2 aromatic rings. The molecule has 27 heavy (non-hydrogen) atoms. The summed E-state index contributed by atoms with van der Waals surface area (Å²) in [6, 6.07) is 14.0. The number of fused-ring (bicyclic) bond motifs is 1. The maximum absolute atomic E-state index is 12.5. The number of hydrogen-bond acceptors (Lipinski definition) is 3. The second-order valence-corrected chi connectivity index (χ2v) is 9.24. The predicted molar refractivity (Wildman–Crippen MR) is 113 cm³/mol. The highest BCUT2D eigenvalue weighted by atomic mass is 35.5. The lowest BCUT2D eigenvalue weighted by Gasteiger charge is -2.38. The van der Waals surface area contributed by atoms with Crippen molar-refractivity contribution in [2.75, 3.05) is 5.75 Å². The Morgan fingerprint density at radius 2 is 2.00 bits per heavy atom. The molecule has 2 aromatic carbocycles. The number of thioether (sulfide) groups is 1. The number of hydrogen-bond donors (Lipinski definition) is 1. The Hall–Kier alpha value is -1.65. The van der Waals surface area contributed by atoms with Crippen LogP contribution in [0.3, 0.4) is 0 Å². The van der Waals surface area contributed by atoms with Crippen molar-refractivity contribution in [3.05, 3.63) is 58.6 Å². The van der Waals surface area contributed by atoms with E-state index in [1.165, 1.54) is 10.5 Å². The molecule has 1 N–H and O–H groups in total. The van der Waals surface area contributed by atoms with Gasteiger partial charge < -0.3 is 10.1 Å². The normalized spacial score (nSPS) is 17.7. The van der Waals surface area contributed by atoms with Crippen molar-refractivity contribution in [2.45, 2.75) is 56.6 Å². The van der Waals surface area contributed by atoms with Crippen molar-refractivity contribution >= 4 is 29.3 Å². The van der Waals surface area contributed by atoms with Gasteiger partial charge in [0, 0.05) is 28.3 Å². The van der Waals surface area contributed by atoms with Crippen LogP contribution in [0.15, 0.2) is 47.4 Å². The average Bonchev–Trinajstić information content (AvgIpc) is 2.60. The van der Waals surface area contributed by atoms with Gasteiger partial charge in [-0.15, -0.1) is 11.8 Å². The number of carbonyl (C=O) groups is 1. The summed E-state index contributed by atoms with van der Waals surface area (Å²) in [7, 11) is 0. The van der Waals surface area contributed by atoms with Crippen LogP contribution in [0, 0.1) is 6.92 Å². The average molecular weight is 404 g/mol. The van der Waals surface area contributed by atoms with E-state index in [1.54, 1.807) is 11.8 Å². The fraction of sp³-hybridized carbons (Fsp3) is 0.409. The molecule has 1 aliphatic rings. The van der Waals surface area contributed by atoms with Crippen molar-refractivity contribution in [2.24, 2.45) is 0 Å². The summed E-state index contributed by atoms with van der Waals surface area (Å²) in [6.45, 7) is 6.20. The molecular formula is C22H26ClNO2S. The summed E-state index contributed by atoms with van der Waals surface area (Å²) in [5.74, 6) is 1.88. The predicted octanol–water partition coefficient (Wildman–Crippen LogP) is 5.94. The van der Waals surface area contributed by atoms with Gasteiger partial charge in [-0.25, -0.2) is 0 Å². The van der Waals surface area contributed by atoms with Crippen LogP contribution in [0.5, 0.6) is 5.75 Å². The van der Waals surface area contributed by atoms with Gasteiger partial charge in [-0.1, -0.05) is 29.3 Å². The van der Waals surface area contributed by atoms with E-state index < -0.39 is 0 Å². The lowest BCUT2D eigenvalue weighted by atomic mass is 9.89. The SMILES string of the molecule is Cc1ccc2c(c1)[C@H](NC(=O)CCCSc1ccc(Cl)cc1)CC(C)(C)O2. The smallest absolute Gasteiger partial charge is 0.220 e. The molecule has 0 saturated heterocycles. The minimum Gasteiger partial charge on any atom is -0.487 e. The number of rotatable bonds is 6. The standard InChI is InChI=1S/C22H26ClNO2S/c1-15-6-11-20-18(13-15)19(14-22(2,3)26-20)24-21(25)5-4-12-27-17-9-7-16(23)8-10-17/h6-11,13,19H,4-5,12,14H2,1-3H3,(H,24,25)/t19-/m1/s1. The van der Waals surface area contributed by atoms with E-state index in [1.807, 2.05) is 36.4 Å². The lowest BCUT2D eigenvalue weighted by molar-refractivity contribution is -0.122. The molecule has 0 radical (unpaired) electrons. The number of ether oxygens (including phenoxy) is 1. The van der Waals surface area contributed by atoms with E-state index in [0.717, 1.165) is 34.9 Å². The molecule has 0 aliphatic carbocycles. The largest absolute Gasteiger partial charge is 0.487 e. The van der Waals surface area contributed by atoms with E-state index in [9.17, 15) is 4.79 Å². The highest BCUT2D eigenvalue weighted by Gasteiger charge is 2.34. The summed E-state index contributed by atoms with van der Waals surface area (Å²) in [5, 5.41) is 3.96. The zero-order chi connectivity index (χ0) is 19.4. The van der Waals surface area contributed by atoms with Crippen LogP contribution in [0.25, 0.3) is 0 Å². The maximum atomic E-state index is 12.5. The Balaban J connectivity index is 1.53. The fourth-order valence-electron chi connectivity index (χ4n) is 3.32. The van der Waals surface area contributed by atoms with Crippen LogP contribution in [0.2, 0.25) is 5.02 Å². The van der Waals surface area contributed by atoms with Crippen molar-refractivity contribution in [1.82, 2.24) is 5.32 Å². The molecule has 3 rings (SSSR count). The van der Waals surface area contributed by atoms with Gasteiger partial charge in [0.1, 0.15) is 11.4 Å². The van der Waals surface area contributed by atoms with Gasteiger partial charge >= 0.3 is 0 Å². The summed E-state index contributed by atoms with van der Waals surface area (Å²) < 4.78 is 6.08. The molecule has 1 amide bonds. The van der Waals surface area contributed by atoms with Gasteiger partial charge in [-0.05, 0) is 63.3 Å². The minimum absolute atomic E-state index is 0.0000632. The first kappa shape index (κ1) is 20.1. The highest BCUT2D eigenvalue weighted by Crippen LogP contribution is 2.39. The van der Waals surface area contributed by atoms with Crippen LogP contribution in [-0.4, -0.2) is 17.3 Å². The summed E-state index contributed by atoms with van der Waals surface area (Å²) in [5.41, 5.74) is 1.97. The maximum Gasteiger partial charge on any atom is 0.220 e. The number of amides is 1. The Morgan fingerprint density at radius 3 is 2.74 bits per heavy atom. The summed E-state index contributed by atoms with van der Waals surface area (Å²) in [4.78, 5) is 13.7. The Labute approximate surface area is 170 Å². The molecule has 0 fully saturated rings. The molecule has 3 nitrogen and oxygen atoms in total. The van der Waals surface area contributed by atoms with E-state index in [0.29, 0.717) is 6.42 Å². The first-order valence-corrected chi connectivity index (χ1v) is 10.7. The van der Waals surface area contributed by atoms with Gasteiger partial charge in [0.2, 0.25) is 5.91 Å². The Bertz CT molecular complexity index is 804. The molecule has 1 atom stereocenters. The van der Waals surface area contributed by atoms with Crippen LogP contribution >= 0.6 is 23.4 Å². The molecule has 0 bridgehead atoms. The van der Waals surface area contributed by atoms with Crippen LogP contribution < -0.4 is 10.1 Å². The van der Waals surface area contributed by atoms with Crippen molar-refractivity contribution in [1.29, 1.82) is 0 Å². The number of nitrogens with one attached hydrogen (secondary N) is 1.